The quantitative estimate of drug-likeness (QED) is 0.398. The van der Waals surface area contributed by atoms with E-state index in [1.54, 1.807) is 6.20 Å². The Kier molecular flexibility index (Phi) is 3.73. The fraction of sp³-hybridized carbons (Fsp3) is 0.0500. The van der Waals surface area contributed by atoms with Crippen molar-refractivity contribution >= 4 is 43.1 Å². The first-order valence-corrected chi connectivity index (χ1v) is 9.95. The van der Waals surface area contributed by atoms with E-state index < -0.39 is 0 Å². The molecule has 7 heteroatoms. The molecule has 0 aliphatic rings. The van der Waals surface area contributed by atoms with Crippen molar-refractivity contribution in [2.75, 3.05) is 0 Å². The van der Waals surface area contributed by atoms with Crippen LogP contribution in [0.3, 0.4) is 0 Å². The van der Waals surface area contributed by atoms with Gasteiger partial charge in [-0.1, -0.05) is 57.6 Å². The Morgan fingerprint density at radius 2 is 1.85 bits per heavy atom. The number of aromatic nitrogens is 4. The van der Waals surface area contributed by atoms with Crippen LogP contribution in [-0.4, -0.2) is 19.2 Å². The lowest BCUT2D eigenvalue weighted by Gasteiger charge is -2.06. The van der Waals surface area contributed by atoms with Gasteiger partial charge in [-0.25, -0.2) is 4.98 Å². The molecular formula is C20H13BrN4OS. The lowest BCUT2D eigenvalue weighted by atomic mass is 10.2. The van der Waals surface area contributed by atoms with E-state index in [2.05, 4.69) is 32.1 Å². The predicted octanol–water partition coefficient (Wildman–Crippen LogP) is 4.83. The summed E-state index contributed by atoms with van der Waals surface area (Å²) in [5.74, 6) is 0. The van der Waals surface area contributed by atoms with Crippen molar-refractivity contribution in [3.63, 3.8) is 0 Å². The minimum absolute atomic E-state index is 0.177. The van der Waals surface area contributed by atoms with Crippen LogP contribution in [0.2, 0.25) is 0 Å². The predicted molar refractivity (Wildman–Crippen MR) is 112 cm³/mol. The molecule has 5 aromatic rings. The van der Waals surface area contributed by atoms with Crippen LogP contribution in [0, 0.1) is 6.92 Å². The van der Waals surface area contributed by atoms with E-state index in [1.807, 2.05) is 60.0 Å². The van der Waals surface area contributed by atoms with Gasteiger partial charge in [0, 0.05) is 21.1 Å². The van der Waals surface area contributed by atoms with Crippen molar-refractivity contribution in [1.82, 2.24) is 19.2 Å². The summed E-state index contributed by atoms with van der Waals surface area (Å²) in [6.07, 6.45) is 1.64. The molecule has 5 rings (SSSR count). The van der Waals surface area contributed by atoms with E-state index in [-0.39, 0.29) is 5.56 Å². The summed E-state index contributed by atoms with van der Waals surface area (Å²) < 4.78 is 4.33. The monoisotopic (exact) mass is 436 g/mol. The first-order valence-electron chi connectivity index (χ1n) is 8.34. The third-order valence-electron chi connectivity index (χ3n) is 4.50. The highest BCUT2D eigenvalue weighted by Crippen LogP contribution is 2.27. The average Bonchev–Trinajstić information content (AvgIpc) is 3.24. The Morgan fingerprint density at radius 1 is 1.07 bits per heavy atom. The number of nitrogens with zero attached hydrogens (tertiary/aromatic N) is 4. The summed E-state index contributed by atoms with van der Waals surface area (Å²) in [6.45, 7) is 1.99. The highest BCUT2D eigenvalue weighted by molar-refractivity contribution is 9.10. The second-order valence-corrected chi connectivity index (χ2v) is 8.11. The number of fused-ring (bicyclic) bond motifs is 2. The highest BCUT2D eigenvalue weighted by atomic mass is 79.9. The van der Waals surface area contributed by atoms with Gasteiger partial charge < -0.3 is 4.57 Å². The van der Waals surface area contributed by atoms with Crippen LogP contribution in [0.15, 0.2) is 70.1 Å². The third kappa shape index (κ3) is 2.62. The van der Waals surface area contributed by atoms with Gasteiger partial charge in [0.05, 0.1) is 11.7 Å². The first-order chi connectivity index (χ1) is 13.1. The Hall–Kier alpha value is -2.77. The smallest absolute Gasteiger partial charge is 0.299 e. The van der Waals surface area contributed by atoms with Crippen molar-refractivity contribution in [2.45, 2.75) is 6.92 Å². The topological polar surface area (TPSA) is 52.2 Å². The maximum Gasteiger partial charge on any atom is 0.299 e. The van der Waals surface area contributed by atoms with Crippen LogP contribution < -0.4 is 5.56 Å². The summed E-state index contributed by atoms with van der Waals surface area (Å²) in [5, 5.41) is 6.38. The van der Waals surface area contributed by atoms with Crippen LogP contribution >= 0.6 is 27.3 Å². The van der Waals surface area contributed by atoms with Gasteiger partial charge in [-0.05, 0) is 31.2 Å². The van der Waals surface area contributed by atoms with Gasteiger partial charge in [0.1, 0.15) is 10.7 Å². The van der Waals surface area contributed by atoms with Crippen molar-refractivity contribution in [2.24, 2.45) is 0 Å². The van der Waals surface area contributed by atoms with E-state index in [0.29, 0.717) is 10.6 Å². The molecule has 0 atom stereocenters. The molecule has 3 heterocycles. The number of hydrogen-bond donors (Lipinski definition) is 0. The molecule has 0 fully saturated rings. The molecule has 3 aromatic heterocycles. The van der Waals surface area contributed by atoms with Crippen LogP contribution in [0.4, 0.5) is 0 Å². The number of rotatable bonds is 2. The molecule has 5 nitrogen and oxygen atoms in total. The fourth-order valence-electron chi connectivity index (χ4n) is 3.25. The first kappa shape index (κ1) is 16.4. The Bertz CT molecular complexity index is 1360. The number of para-hydroxylation sites is 1. The van der Waals surface area contributed by atoms with E-state index in [1.165, 1.54) is 15.9 Å². The summed E-state index contributed by atoms with van der Waals surface area (Å²) in [6, 6.07) is 17.9. The molecule has 0 aliphatic carbocycles. The molecule has 0 N–H and O–H groups in total. The van der Waals surface area contributed by atoms with Gasteiger partial charge in [-0.3, -0.25) is 4.79 Å². The Labute approximate surface area is 166 Å². The van der Waals surface area contributed by atoms with Gasteiger partial charge in [0.2, 0.25) is 4.96 Å². The van der Waals surface area contributed by atoms with Crippen molar-refractivity contribution in [3.8, 4) is 16.3 Å². The number of halogens is 1. The minimum Gasteiger partial charge on any atom is -0.308 e. The van der Waals surface area contributed by atoms with Crippen molar-refractivity contribution in [3.05, 3.63) is 81.3 Å². The number of benzene rings is 2. The molecule has 0 bridgehead atoms. The fourth-order valence-corrected chi connectivity index (χ4v) is 4.38. The molecule has 0 saturated carbocycles. The SMILES string of the molecule is Cc1cc2ccccc2n1-c1cnc2sc(-c3ccc(Br)cc3)nn2c1=O. The Morgan fingerprint density at radius 3 is 2.67 bits per heavy atom. The second-order valence-electron chi connectivity index (χ2n) is 6.24. The molecule has 2 aromatic carbocycles. The third-order valence-corrected chi connectivity index (χ3v) is 6.00. The summed E-state index contributed by atoms with van der Waals surface area (Å²) in [5.41, 5.74) is 3.25. The second kappa shape index (κ2) is 6.14. The van der Waals surface area contributed by atoms with Gasteiger partial charge in [-0.2, -0.15) is 9.61 Å². The molecule has 0 unspecified atom stereocenters. The zero-order chi connectivity index (χ0) is 18.5. The maximum absolute atomic E-state index is 13.2. The number of hydrogen-bond acceptors (Lipinski definition) is 4. The van der Waals surface area contributed by atoms with Crippen molar-refractivity contribution in [1.29, 1.82) is 0 Å². The summed E-state index contributed by atoms with van der Waals surface area (Å²) in [4.78, 5) is 18.2. The number of aryl methyl sites for hydroxylation is 1. The van der Waals surface area contributed by atoms with E-state index >= 15 is 0 Å². The van der Waals surface area contributed by atoms with Gasteiger partial charge in [0.15, 0.2) is 0 Å². The molecule has 0 radical (unpaired) electrons. The van der Waals surface area contributed by atoms with Crippen LogP contribution in [0.1, 0.15) is 5.69 Å². The zero-order valence-electron chi connectivity index (χ0n) is 14.3. The molecule has 132 valence electrons. The zero-order valence-corrected chi connectivity index (χ0v) is 16.7. The molecule has 0 amide bonds. The van der Waals surface area contributed by atoms with E-state index in [4.69, 9.17) is 0 Å². The van der Waals surface area contributed by atoms with Gasteiger partial charge in [-0.15, -0.1) is 0 Å². The highest BCUT2D eigenvalue weighted by Gasteiger charge is 2.15. The lowest BCUT2D eigenvalue weighted by Crippen LogP contribution is -2.21. The maximum atomic E-state index is 13.2. The van der Waals surface area contributed by atoms with Gasteiger partial charge in [0.25, 0.3) is 5.56 Å². The molecule has 27 heavy (non-hydrogen) atoms. The molecule has 0 spiro atoms. The van der Waals surface area contributed by atoms with Gasteiger partial charge >= 0.3 is 0 Å². The average molecular weight is 437 g/mol. The standard InChI is InChI=1S/C20H13BrN4OS/c1-12-10-14-4-2-3-5-16(14)24(12)17-11-22-20-25(19(17)26)23-18(27-20)13-6-8-15(21)9-7-13/h2-11H,1H3. The molecule has 0 aliphatic heterocycles. The van der Waals surface area contributed by atoms with Crippen molar-refractivity contribution < 1.29 is 0 Å². The lowest BCUT2D eigenvalue weighted by molar-refractivity contribution is 0.872. The summed E-state index contributed by atoms with van der Waals surface area (Å²) in [7, 11) is 0. The normalized spacial score (nSPS) is 11.5. The largest absolute Gasteiger partial charge is 0.308 e. The van der Waals surface area contributed by atoms with Crippen LogP contribution in [0.5, 0.6) is 0 Å². The minimum atomic E-state index is -0.177. The van der Waals surface area contributed by atoms with Crippen LogP contribution in [0.25, 0.3) is 32.1 Å². The Balaban J connectivity index is 1.73. The summed E-state index contributed by atoms with van der Waals surface area (Å²) >= 11 is 4.84. The van der Waals surface area contributed by atoms with E-state index in [9.17, 15) is 4.79 Å². The van der Waals surface area contributed by atoms with Crippen LogP contribution in [-0.2, 0) is 0 Å². The van der Waals surface area contributed by atoms with E-state index in [0.717, 1.165) is 31.6 Å². The molecular weight excluding hydrogens is 424 g/mol. The molecule has 0 saturated heterocycles.